The van der Waals surface area contributed by atoms with Crippen LogP contribution in [-0.2, 0) is 9.63 Å². The number of allylic oxidation sites excluding steroid dienone is 1. The summed E-state index contributed by atoms with van der Waals surface area (Å²) in [6.07, 6.45) is 0. The van der Waals surface area contributed by atoms with Crippen molar-refractivity contribution in [1.29, 1.82) is 0 Å². The van der Waals surface area contributed by atoms with Gasteiger partial charge in [0.25, 0.3) is 5.91 Å². The van der Waals surface area contributed by atoms with Gasteiger partial charge in [0.15, 0.2) is 0 Å². The number of hydrogen-bond donors (Lipinski definition) is 3. The summed E-state index contributed by atoms with van der Waals surface area (Å²) >= 11 is 3.51. The lowest BCUT2D eigenvalue weighted by atomic mass is 10.0. The molecule has 0 radical (unpaired) electrons. The lowest BCUT2D eigenvalue weighted by Gasteiger charge is -2.17. The van der Waals surface area contributed by atoms with E-state index in [0.717, 1.165) is 46.6 Å². The van der Waals surface area contributed by atoms with Gasteiger partial charge in [0.2, 0.25) is 0 Å². The first-order valence-electron chi connectivity index (χ1n) is 10.5. The molecule has 3 aliphatic heterocycles. The van der Waals surface area contributed by atoms with Crippen LogP contribution in [0.1, 0.15) is 11.1 Å². The molecule has 1 amide bonds. The highest BCUT2D eigenvalue weighted by molar-refractivity contribution is 9.10. The van der Waals surface area contributed by atoms with Crippen LogP contribution < -0.4 is 16.4 Å². The van der Waals surface area contributed by atoms with Crippen molar-refractivity contribution in [3.8, 4) is 0 Å². The molecule has 1 aliphatic carbocycles. The van der Waals surface area contributed by atoms with Crippen molar-refractivity contribution in [3.05, 3.63) is 63.8 Å². The highest BCUT2D eigenvalue weighted by Gasteiger charge is 2.53. The number of anilines is 2. The van der Waals surface area contributed by atoms with Gasteiger partial charge in [0.1, 0.15) is 12.3 Å². The Balaban J connectivity index is 1.28. The molecule has 8 heteroatoms. The zero-order chi connectivity index (χ0) is 21.1. The third kappa shape index (κ3) is 3.17. The third-order valence-electron chi connectivity index (χ3n) is 6.65. The minimum absolute atomic E-state index is 0.149. The molecule has 3 atom stereocenters. The van der Waals surface area contributed by atoms with Crippen molar-refractivity contribution in [3.63, 3.8) is 0 Å². The summed E-state index contributed by atoms with van der Waals surface area (Å²) in [7, 11) is 0. The second-order valence-corrected chi connectivity index (χ2v) is 9.42. The van der Waals surface area contributed by atoms with Crippen molar-refractivity contribution in [1.82, 2.24) is 4.90 Å². The number of nitrogens with two attached hydrogens (primary N) is 1. The molecule has 2 aromatic carbocycles. The molecule has 31 heavy (non-hydrogen) atoms. The van der Waals surface area contributed by atoms with Crippen LogP contribution in [0.5, 0.6) is 0 Å². The number of oxime groups is 1. The molecule has 3 heterocycles. The van der Waals surface area contributed by atoms with Gasteiger partial charge >= 0.3 is 0 Å². The number of fused-ring (bicyclic) bond motifs is 3. The number of rotatable bonds is 4. The second kappa shape index (κ2) is 7.19. The van der Waals surface area contributed by atoms with Crippen molar-refractivity contribution in [2.45, 2.75) is 6.04 Å². The van der Waals surface area contributed by atoms with Gasteiger partial charge in [-0.2, -0.15) is 0 Å². The fourth-order valence-corrected chi connectivity index (χ4v) is 5.27. The van der Waals surface area contributed by atoms with E-state index in [2.05, 4.69) is 36.6 Å². The average molecular weight is 480 g/mol. The SMILES string of the molecule is N[C@H]1[C@H]2CN(CCO/N=C3/C(=C4/C(=O)Nc5ccc(Br)cc54)Nc4ccccc43)C[C@@H]12. The molecular formula is C23H22BrN5O2. The van der Waals surface area contributed by atoms with Gasteiger partial charge in [-0.25, -0.2) is 0 Å². The van der Waals surface area contributed by atoms with Crippen molar-refractivity contribution >= 4 is 44.5 Å². The number of nitrogens with one attached hydrogen (secondary N) is 2. The summed E-state index contributed by atoms with van der Waals surface area (Å²) < 4.78 is 0.912. The number of carbonyl (C=O) groups excluding carboxylic acids is 1. The fraction of sp³-hybridized carbons (Fsp3) is 0.304. The maximum atomic E-state index is 12.9. The van der Waals surface area contributed by atoms with Crippen LogP contribution in [0.3, 0.4) is 0 Å². The van der Waals surface area contributed by atoms with Crippen LogP contribution in [0.4, 0.5) is 11.4 Å². The quantitative estimate of drug-likeness (QED) is 0.356. The van der Waals surface area contributed by atoms with Crippen LogP contribution in [0.15, 0.2) is 57.8 Å². The number of amides is 1. The Hall–Kier alpha value is -2.68. The second-order valence-electron chi connectivity index (χ2n) is 8.50. The number of piperidine rings is 1. The highest BCUT2D eigenvalue weighted by Crippen LogP contribution is 2.43. The van der Waals surface area contributed by atoms with E-state index in [1.165, 1.54) is 0 Å². The summed E-state index contributed by atoms with van der Waals surface area (Å²) in [5.41, 5.74) is 11.4. The summed E-state index contributed by atoms with van der Waals surface area (Å²) in [6.45, 7) is 3.43. The van der Waals surface area contributed by atoms with Gasteiger partial charge in [-0.1, -0.05) is 39.3 Å². The molecule has 4 N–H and O–H groups in total. The maximum absolute atomic E-state index is 12.9. The smallest absolute Gasteiger partial charge is 0.258 e. The molecule has 4 aliphatic rings. The topological polar surface area (TPSA) is 92.0 Å². The maximum Gasteiger partial charge on any atom is 0.258 e. The first-order valence-corrected chi connectivity index (χ1v) is 11.3. The Morgan fingerprint density at radius 1 is 1.10 bits per heavy atom. The minimum atomic E-state index is -0.149. The minimum Gasteiger partial charge on any atom is -0.394 e. The van der Waals surface area contributed by atoms with Crippen molar-refractivity contribution in [2.24, 2.45) is 22.7 Å². The molecule has 0 bridgehead atoms. The van der Waals surface area contributed by atoms with Crippen LogP contribution in [0.25, 0.3) is 5.57 Å². The summed E-state index contributed by atoms with van der Waals surface area (Å²) in [4.78, 5) is 21.0. The van der Waals surface area contributed by atoms with E-state index in [0.29, 0.717) is 41.5 Å². The molecule has 2 aromatic rings. The molecule has 1 saturated heterocycles. The number of halogens is 1. The predicted molar refractivity (Wildman–Crippen MR) is 124 cm³/mol. The van der Waals surface area contributed by atoms with Gasteiger partial charge in [0.05, 0.1) is 11.3 Å². The Morgan fingerprint density at radius 2 is 1.87 bits per heavy atom. The Morgan fingerprint density at radius 3 is 2.71 bits per heavy atom. The number of benzene rings is 2. The van der Waals surface area contributed by atoms with E-state index in [1.54, 1.807) is 0 Å². The van der Waals surface area contributed by atoms with E-state index < -0.39 is 0 Å². The van der Waals surface area contributed by atoms with Crippen LogP contribution in [0.2, 0.25) is 0 Å². The molecule has 6 rings (SSSR count). The van der Waals surface area contributed by atoms with Gasteiger partial charge in [-0.3, -0.25) is 9.69 Å². The molecule has 0 spiro atoms. The van der Waals surface area contributed by atoms with Crippen LogP contribution in [0, 0.1) is 11.8 Å². The molecule has 158 valence electrons. The lowest BCUT2D eigenvalue weighted by Crippen LogP contribution is -2.30. The van der Waals surface area contributed by atoms with Crippen LogP contribution >= 0.6 is 15.9 Å². The summed E-state index contributed by atoms with van der Waals surface area (Å²) in [5, 5.41) is 10.8. The number of para-hydroxylation sites is 1. The van der Waals surface area contributed by atoms with E-state index in [1.807, 2.05) is 42.5 Å². The Kier molecular flexibility index (Phi) is 4.41. The lowest BCUT2D eigenvalue weighted by molar-refractivity contribution is -0.110. The van der Waals surface area contributed by atoms with E-state index >= 15 is 0 Å². The van der Waals surface area contributed by atoms with Gasteiger partial charge in [-0.05, 0) is 36.1 Å². The normalized spacial score (nSPS) is 29.4. The first kappa shape index (κ1) is 19.0. The fourth-order valence-electron chi connectivity index (χ4n) is 4.91. The molecule has 7 nitrogen and oxygen atoms in total. The van der Waals surface area contributed by atoms with Gasteiger partial charge < -0.3 is 21.2 Å². The molecule has 2 fully saturated rings. The highest BCUT2D eigenvalue weighted by atomic mass is 79.9. The predicted octanol–water partition coefficient (Wildman–Crippen LogP) is 2.85. The third-order valence-corrected chi connectivity index (χ3v) is 7.14. The number of likely N-dealkylation sites (tertiary alicyclic amines) is 1. The molecule has 1 saturated carbocycles. The molecule has 0 unspecified atom stereocenters. The van der Waals surface area contributed by atoms with E-state index in [4.69, 9.17) is 10.6 Å². The number of nitrogens with zero attached hydrogens (tertiary/aromatic N) is 2. The Bertz CT molecular complexity index is 1150. The summed E-state index contributed by atoms with van der Waals surface area (Å²) in [6, 6.07) is 14.0. The molecule has 0 aromatic heterocycles. The zero-order valence-electron chi connectivity index (χ0n) is 16.8. The van der Waals surface area contributed by atoms with E-state index in [9.17, 15) is 4.79 Å². The standard InChI is InChI=1S/C23H22BrN5O2/c24-12-5-6-18-14(9-12)19(23(30)27-18)22-21(13-3-1-2-4-17(13)26-22)28-31-8-7-29-10-15-16(11-29)20(15)25/h1-6,9,15-16,20,26H,7-8,10-11,25H2,(H,27,30)/b22-19-,28-21+/t15-,16+,20-. The first-order chi connectivity index (χ1) is 15.1. The van der Waals surface area contributed by atoms with Crippen molar-refractivity contribution in [2.75, 3.05) is 36.9 Å². The number of carbonyl (C=O) groups is 1. The number of hydrogen-bond acceptors (Lipinski definition) is 6. The zero-order valence-corrected chi connectivity index (χ0v) is 18.4. The monoisotopic (exact) mass is 479 g/mol. The van der Waals surface area contributed by atoms with Gasteiger partial charge in [-0.15, -0.1) is 0 Å². The average Bonchev–Trinajstić information content (AvgIpc) is 3.15. The summed E-state index contributed by atoms with van der Waals surface area (Å²) in [5.74, 6) is 1.17. The van der Waals surface area contributed by atoms with Gasteiger partial charge in [0, 0.05) is 52.7 Å². The Labute approximate surface area is 188 Å². The van der Waals surface area contributed by atoms with Crippen LogP contribution in [-0.4, -0.2) is 48.8 Å². The molecular weight excluding hydrogens is 458 g/mol. The largest absolute Gasteiger partial charge is 0.394 e. The van der Waals surface area contributed by atoms with Crippen molar-refractivity contribution < 1.29 is 9.63 Å². The van der Waals surface area contributed by atoms with E-state index in [-0.39, 0.29) is 5.91 Å².